The number of esters is 1. The first-order valence-electron chi connectivity index (χ1n) is 14.0. The zero-order chi connectivity index (χ0) is 32.9. The van der Waals surface area contributed by atoms with Gasteiger partial charge < -0.3 is 20.1 Å². The Labute approximate surface area is 267 Å². The number of anilines is 2. The third-order valence-electron chi connectivity index (χ3n) is 6.23. The van der Waals surface area contributed by atoms with Crippen LogP contribution in [0.4, 0.5) is 20.6 Å². The molecule has 3 aromatic carbocycles. The smallest absolute Gasteiger partial charge is 0.411 e. The number of nitrogens with one attached hydrogen (secondary N) is 3. The molecule has 15 heteroatoms. The van der Waals surface area contributed by atoms with Crippen molar-refractivity contribution < 1.29 is 33.0 Å². The number of hydrogen-bond acceptors (Lipinski definition) is 9. The Morgan fingerprint density at radius 2 is 1.83 bits per heavy atom. The monoisotopic (exact) mass is 649 g/mol. The molecular weight excluding hydrogens is 621 g/mol. The van der Waals surface area contributed by atoms with Crippen molar-refractivity contribution >= 4 is 52.9 Å². The van der Waals surface area contributed by atoms with Crippen molar-refractivity contribution in [3.05, 3.63) is 101 Å². The van der Waals surface area contributed by atoms with Crippen molar-refractivity contribution in [1.82, 2.24) is 25.5 Å². The highest BCUT2D eigenvalue weighted by atomic mass is 35.5. The maximum Gasteiger partial charge on any atom is 0.411 e. The summed E-state index contributed by atoms with van der Waals surface area (Å²) in [5.74, 6) is -2.57. The van der Waals surface area contributed by atoms with Crippen molar-refractivity contribution in [3.63, 3.8) is 0 Å². The van der Waals surface area contributed by atoms with Crippen molar-refractivity contribution in [2.24, 2.45) is 0 Å². The van der Waals surface area contributed by atoms with Gasteiger partial charge in [-0.15, -0.1) is 5.10 Å². The van der Waals surface area contributed by atoms with E-state index in [0.29, 0.717) is 16.3 Å². The summed E-state index contributed by atoms with van der Waals surface area (Å²) in [6.45, 7) is 1.60. The summed E-state index contributed by atoms with van der Waals surface area (Å²) in [5, 5.41) is 19.1. The van der Waals surface area contributed by atoms with Gasteiger partial charge in [0.05, 0.1) is 24.4 Å². The molecule has 0 saturated heterocycles. The Balaban J connectivity index is 1.42. The van der Waals surface area contributed by atoms with Crippen molar-refractivity contribution in [1.29, 1.82) is 0 Å². The number of carbonyl (C=O) groups excluding carboxylic acids is 4. The minimum atomic E-state index is -1.05. The molecule has 238 valence electrons. The number of carbonyl (C=O) groups is 4. The highest BCUT2D eigenvalue weighted by molar-refractivity contribution is 6.30. The van der Waals surface area contributed by atoms with E-state index < -0.39 is 35.7 Å². The first-order chi connectivity index (χ1) is 22.2. The van der Waals surface area contributed by atoms with Gasteiger partial charge in [0.1, 0.15) is 24.8 Å². The fraction of sp³-hybridized carbons (Fsp3) is 0.194. The maximum atomic E-state index is 14.8. The maximum absolute atomic E-state index is 14.8. The fourth-order valence-electron chi connectivity index (χ4n) is 4.11. The van der Waals surface area contributed by atoms with Gasteiger partial charge in [0.2, 0.25) is 11.8 Å². The molecule has 4 aromatic rings. The summed E-state index contributed by atoms with van der Waals surface area (Å²) >= 11 is 6.16. The normalized spacial score (nSPS) is 11.5. The zero-order valence-corrected chi connectivity index (χ0v) is 25.2. The fourth-order valence-corrected chi connectivity index (χ4v) is 4.29. The average molecular weight is 650 g/mol. The molecule has 1 aromatic heterocycles. The average Bonchev–Trinajstić information content (AvgIpc) is 3.57. The summed E-state index contributed by atoms with van der Waals surface area (Å²) in [4.78, 5) is 49.7. The molecule has 0 unspecified atom stereocenters. The number of amides is 3. The van der Waals surface area contributed by atoms with Crippen LogP contribution in [0.5, 0.6) is 0 Å². The minimum absolute atomic E-state index is 0.0802. The van der Waals surface area contributed by atoms with Gasteiger partial charge in [0.25, 0.3) is 0 Å². The van der Waals surface area contributed by atoms with E-state index in [-0.39, 0.29) is 37.4 Å². The van der Waals surface area contributed by atoms with Gasteiger partial charge in [0, 0.05) is 28.8 Å². The Hall–Kier alpha value is -5.63. The molecule has 46 heavy (non-hydrogen) atoms. The predicted molar refractivity (Wildman–Crippen MR) is 167 cm³/mol. The van der Waals surface area contributed by atoms with E-state index in [1.165, 1.54) is 35.3 Å². The number of hydrogen-bond donors (Lipinski definition) is 3. The van der Waals surface area contributed by atoms with Crippen LogP contribution in [0, 0.1) is 5.82 Å². The number of halogens is 2. The van der Waals surface area contributed by atoms with Crippen LogP contribution in [0.25, 0.3) is 11.8 Å². The van der Waals surface area contributed by atoms with Gasteiger partial charge in [-0.3, -0.25) is 19.7 Å². The molecule has 0 aliphatic heterocycles. The Morgan fingerprint density at radius 1 is 1.02 bits per heavy atom. The van der Waals surface area contributed by atoms with E-state index >= 15 is 0 Å². The molecule has 3 N–H and O–H groups in total. The molecule has 3 amide bonds. The molecule has 0 spiro atoms. The molecule has 1 atom stereocenters. The molecule has 4 rings (SSSR count). The highest BCUT2D eigenvalue weighted by Crippen LogP contribution is 2.21. The van der Waals surface area contributed by atoms with Crippen LogP contribution in [0.3, 0.4) is 0 Å². The predicted octanol–water partition coefficient (Wildman–Crippen LogP) is 4.34. The van der Waals surface area contributed by atoms with E-state index in [1.54, 1.807) is 49.4 Å². The molecule has 0 saturated carbocycles. The van der Waals surface area contributed by atoms with Gasteiger partial charge >= 0.3 is 12.1 Å². The third kappa shape index (κ3) is 9.95. The third-order valence-corrected chi connectivity index (χ3v) is 6.47. The Kier molecular flexibility index (Phi) is 11.9. The topological polar surface area (TPSA) is 166 Å². The Morgan fingerprint density at radius 3 is 2.54 bits per heavy atom. The largest absolute Gasteiger partial charge is 0.466 e. The second-order valence-electron chi connectivity index (χ2n) is 9.54. The van der Waals surface area contributed by atoms with Crippen LogP contribution in [0.2, 0.25) is 5.02 Å². The highest BCUT2D eigenvalue weighted by Gasteiger charge is 2.22. The summed E-state index contributed by atoms with van der Waals surface area (Å²) < 4.78 is 25.8. The molecule has 0 aliphatic carbocycles. The molecular formula is C31H29ClFN7O6. The van der Waals surface area contributed by atoms with Gasteiger partial charge in [-0.05, 0) is 65.4 Å². The second kappa shape index (κ2) is 16.4. The summed E-state index contributed by atoms with van der Waals surface area (Å²) in [5.41, 5.74) is 1.76. The quantitative estimate of drug-likeness (QED) is 0.141. The SMILES string of the molecule is CCOC(=O)CCOC(=O)Nc1ccc(NC(=O)[C@H](Cc2ccccc2)NC(=O)C=Cc2cc(Cl)ccc2-n2cnnn2)cc1F. The van der Waals surface area contributed by atoms with E-state index in [2.05, 4.69) is 31.5 Å². The van der Waals surface area contributed by atoms with E-state index in [0.717, 1.165) is 11.6 Å². The van der Waals surface area contributed by atoms with Gasteiger partial charge in [0.15, 0.2) is 0 Å². The molecule has 1 heterocycles. The number of tetrazole rings is 1. The van der Waals surface area contributed by atoms with Crippen LogP contribution < -0.4 is 16.0 Å². The standard InChI is InChI=1S/C31H29ClFN7O6/c1-2-45-29(42)14-15-46-31(44)37-25-11-10-23(18-24(25)33)35-30(43)26(16-20-6-4-3-5-7-20)36-28(41)13-8-21-17-22(32)9-12-27(21)40-19-34-38-39-40/h3-13,17-19,26H,2,14-16H2,1H3,(H,35,43)(H,36,41)(H,37,44)/t26-/m0/s1. The van der Waals surface area contributed by atoms with Gasteiger partial charge in [-0.25, -0.2) is 9.18 Å². The summed E-state index contributed by atoms with van der Waals surface area (Å²) in [7, 11) is 0. The van der Waals surface area contributed by atoms with Crippen LogP contribution in [0.1, 0.15) is 24.5 Å². The van der Waals surface area contributed by atoms with Crippen LogP contribution in [-0.4, -0.2) is 63.3 Å². The lowest BCUT2D eigenvalue weighted by Gasteiger charge is -2.18. The lowest BCUT2D eigenvalue weighted by molar-refractivity contribution is -0.143. The summed E-state index contributed by atoms with van der Waals surface area (Å²) in [6, 6.07) is 16.6. The molecule has 0 radical (unpaired) electrons. The first kappa shape index (κ1) is 33.3. The minimum Gasteiger partial charge on any atom is -0.466 e. The first-order valence-corrected chi connectivity index (χ1v) is 14.3. The molecule has 0 aliphatic rings. The van der Waals surface area contributed by atoms with Crippen molar-refractivity contribution in [2.45, 2.75) is 25.8 Å². The number of ether oxygens (including phenoxy) is 2. The lowest BCUT2D eigenvalue weighted by Crippen LogP contribution is -2.44. The number of benzene rings is 3. The number of aromatic nitrogens is 4. The van der Waals surface area contributed by atoms with Crippen LogP contribution >= 0.6 is 11.6 Å². The molecule has 0 bridgehead atoms. The van der Waals surface area contributed by atoms with Gasteiger partial charge in [-0.2, -0.15) is 4.68 Å². The lowest BCUT2D eigenvalue weighted by atomic mass is 10.0. The van der Waals surface area contributed by atoms with E-state index in [9.17, 15) is 23.6 Å². The van der Waals surface area contributed by atoms with Crippen molar-refractivity contribution in [3.8, 4) is 5.69 Å². The van der Waals surface area contributed by atoms with Crippen LogP contribution in [0.15, 0.2) is 79.1 Å². The van der Waals surface area contributed by atoms with E-state index in [4.69, 9.17) is 21.1 Å². The molecule has 13 nitrogen and oxygen atoms in total. The summed E-state index contributed by atoms with van der Waals surface area (Å²) in [6.07, 6.45) is 3.18. The zero-order valence-electron chi connectivity index (χ0n) is 24.5. The number of rotatable bonds is 13. The van der Waals surface area contributed by atoms with Gasteiger partial charge in [-0.1, -0.05) is 41.9 Å². The van der Waals surface area contributed by atoms with Crippen molar-refractivity contribution in [2.75, 3.05) is 23.8 Å². The number of nitrogens with zero attached hydrogens (tertiary/aromatic N) is 4. The second-order valence-corrected chi connectivity index (χ2v) is 9.98. The molecule has 0 fully saturated rings. The van der Waals surface area contributed by atoms with Crippen LogP contribution in [-0.2, 0) is 30.3 Å². The van der Waals surface area contributed by atoms with E-state index in [1.807, 2.05) is 6.07 Å². The Bertz CT molecular complexity index is 1700.